The van der Waals surface area contributed by atoms with Crippen molar-refractivity contribution >= 4 is 28.2 Å². The van der Waals surface area contributed by atoms with Gasteiger partial charge in [0.1, 0.15) is 6.04 Å². The Morgan fingerprint density at radius 2 is 2.40 bits per heavy atom. The monoisotopic (exact) mass is 293 g/mol. The Balaban J connectivity index is 2.01. The van der Waals surface area contributed by atoms with Gasteiger partial charge in [-0.05, 0) is 13.3 Å². The summed E-state index contributed by atoms with van der Waals surface area (Å²) < 4.78 is 1.83. The van der Waals surface area contributed by atoms with Gasteiger partial charge in [-0.25, -0.2) is 9.78 Å². The predicted octanol–water partition coefficient (Wildman–Crippen LogP) is 1.47. The summed E-state index contributed by atoms with van der Waals surface area (Å²) in [5.41, 5.74) is 0.801. The third-order valence-corrected chi connectivity index (χ3v) is 3.70. The third-order valence-electron chi connectivity index (χ3n) is 2.80. The first-order valence-corrected chi connectivity index (χ1v) is 7.02. The van der Waals surface area contributed by atoms with Gasteiger partial charge in [0.2, 0.25) is 5.91 Å². The number of carboxylic acid groups (broad SMARTS) is 1. The SMILES string of the molecule is C/C=C/CC(NC(=O)Cc1csc2nccn12)C(=O)O. The van der Waals surface area contributed by atoms with Crippen LogP contribution in [0.2, 0.25) is 0 Å². The van der Waals surface area contributed by atoms with E-state index in [0.717, 1.165) is 10.7 Å². The molecule has 1 unspecified atom stereocenters. The molecule has 0 spiro atoms. The molecule has 2 N–H and O–H groups in total. The maximum absolute atomic E-state index is 11.9. The number of rotatable bonds is 6. The number of imidazole rings is 1. The van der Waals surface area contributed by atoms with E-state index in [2.05, 4.69) is 10.3 Å². The number of carboxylic acids is 1. The zero-order chi connectivity index (χ0) is 14.5. The number of aliphatic carboxylic acids is 1. The molecule has 0 fully saturated rings. The number of aromatic nitrogens is 2. The Morgan fingerprint density at radius 1 is 1.60 bits per heavy atom. The Labute approximate surface area is 119 Å². The number of nitrogens with zero attached hydrogens (tertiary/aromatic N) is 2. The fraction of sp³-hybridized carbons (Fsp3) is 0.308. The summed E-state index contributed by atoms with van der Waals surface area (Å²) in [6.07, 6.45) is 7.34. The number of carbonyl (C=O) groups excluding carboxylic acids is 1. The van der Waals surface area contributed by atoms with Crippen LogP contribution in [-0.4, -0.2) is 32.4 Å². The van der Waals surface area contributed by atoms with E-state index >= 15 is 0 Å². The zero-order valence-corrected chi connectivity index (χ0v) is 11.8. The molecule has 1 atom stereocenters. The molecule has 0 aliphatic heterocycles. The minimum Gasteiger partial charge on any atom is -0.480 e. The first-order chi connectivity index (χ1) is 9.61. The van der Waals surface area contributed by atoms with Gasteiger partial charge in [0.25, 0.3) is 0 Å². The van der Waals surface area contributed by atoms with Crippen LogP contribution < -0.4 is 5.32 Å². The average Bonchev–Trinajstić information content (AvgIpc) is 2.99. The standard InChI is InChI=1S/C13H15N3O3S/c1-2-3-4-10(12(18)19)15-11(17)7-9-8-20-13-14-5-6-16(9)13/h2-3,5-6,8,10H,4,7H2,1H3,(H,15,17)(H,18,19)/b3-2+. The molecule has 2 rings (SSSR count). The van der Waals surface area contributed by atoms with Crippen molar-refractivity contribution in [3.05, 3.63) is 35.6 Å². The molecule has 0 bridgehead atoms. The maximum Gasteiger partial charge on any atom is 0.326 e. The van der Waals surface area contributed by atoms with Crippen molar-refractivity contribution < 1.29 is 14.7 Å². The van der Waals surface area contributed by atoms with Crippen molar-refractivity contribution in [1.29, 1.82) is 0 Å². The summed E-state index contributed by atoms with van der Waals surface area (Å²) in [7, 11) is 0. The molecule has 2 heterocycles. The van der Waals surface area contributed by atoms with Crippen LogP contribution >= 0.6 is 11.3 Å². The average molecular weight is 293 g/mol. The van der Waals surface area contributed by atoms with Crippen molar-refractivity contribution in [1.82, 2.24) is 14.7 Å². The van der Waals surface area contributed by atoms with Gasteiger partial charge in [0.15, 0.2) is 4.96 Å². The summed E-state index contributed by atoms with van der Waals surface area (Å²) >= 11 is 1.45. The lowest BCUT2D eigenvalue weighted by atomic mass is 10.2. The van der Waals surface area contributed by atoms with Gasteiger partial charge in [-0.3, -0.25) is 9.20 Å². The van der Waals surface area contributed by atoms with Crippen molar-refractivity contribution in [3.8, 4) is 0 Å². The van der Waals surface area contributed by atoms with Crippen molar-refractivity contribution in [2.24, 2.45) is 0 Å². The molecule has 0 aliphatic carbocycles. The maximum atomic E-state index is 11.9. The number of amides is 1. The molecule has 20 heavy (non-hydrogen) atoms. The summed E-state index contributed by atoms with van der Waals surface area (Å²) in [5, 5.41) is 13.4. The molecule has 6 nitrogen and oxygen atoms in total. The number of fused-ring (bicyclic) bond motifs is 1. The zero-order valence-electron chi connectivity index (χ0n) is 10.9. The third kappa shape index (κ3) is 3.24. The van der Waals surface area contributed by atoms with Gasteiger partial charge in [-0.2, -0.15) is 0 Å². The summed E-state index contributed by atoms with van der Waals surface area (Å²) in [4.78, 5) is 27.9. The molecule has 0 radical (unpaired) electrons. The van der Waals surface area contributed by atoms with Gasteiger partial charge in [-0.1, -0.05) is 12.2 Å². The molecule has 2 aromatic heterocycles. The van der Waals surface area contributed by atoms with Crippen LogP contribution in [0, 0.1) is 0 Å². The largest absolute Gasteiger partial charge is 0.480 e. The normalized spacial score (nSPS) is 12.8. The van der Waals surface area contributed by atoms with Gasteiger partial charge >= 0.3 is 5.97 Å². The molecule has 7 heteroatoms. The minimum atomic E-state index is -1.03. The number of hydrogen-bond donors (Lipinski definition) is 2. The van der Waals surface area contributed by atoms with E-state index in [0.29, 0.717) is 0 Å². The van der Waals surface area contributed by atoms with E-state index in [4.69, 9.17) is 5.11 Å². The van der Waals surface area contributed by atoms with E-state index in [1.54, 1.807) is 24.5 Å². The van der Waals surface area contributed by atoms with Crippen molar-refractivity contribution in [2.75, 3.05) is 0 Å². The smallest absolute Gasteiger partial charge is 0.326 e. The topological polar surface area (TPSA) is 83.7 Å². The second kappa shape index (κ2) is 6.33. The van der Waals surface area contributed by atoms with Gasteiger partial charge < -0.3 is 10.4 Å². The van der Waals surface area contributed by atoms with Crippen molar-refractivity contribution in [3.63, 3.8) is 0 Å². The fourth-order valence-corrected chi connectivity index (χ4v) is 2.66. The molecule has 106 valence electrons. The van der Waals surface area contributed by atoms with Crippen LogP contribution in [0.4, 0.5) is 0 Å². The highest BCUT2D eigenvalue weighted by Crippen LogP contribution is 2.14. The van der Waals surface area contributed by atoms with E-state index in [1.807, 2.05) is 16.7 Å². The number of thiazole rings is 1. The van der Waals surface area contributed by atoms with Gasteiger partial charge in [0, 0.05) is 23.5 Å². The molecular weight excluding hydrogens is 278 g/mol. The highest BCUT2D eigenvalue weighted by Gasteiger charge is 2.19. The van der Waals surface area contributed by atoms with Gasteiger partial charge in [-0.15, -0.1) is 11.3 Å². The highest BCUT2D eigenvalue weighted by molar-refractivity contribution is 7.15. The molecule has 1 amide bonds. The number of allylic oxidation sites excluding steroid dienone is 1. The second-order valence-corrected chi connectivity index (χ2v) is 5.08. The summed E-state index contributed by atoms with van der Waals surface area (Å²) in [6.45, 7) is 1.81. The summed E-state index contributed by atoms with van der Waals surface area (Å²) in [5.74, 6) is -1.34. The predicted molar refractivity (Wildman–Crippen MR) is 75.8 cm³/mol. The molecule has 0 saturated carbocycles. The lowest BCUT2D eigenvalue weighted by Crippen LogP contribution is -2.41. The summed E-state index contributed by atoms with van der Waals surface area (Å²) in [6, 6.07) is -0.893. The van der Waals surface area contributed by atoms with Crippen LogP contribution in [0.3, 0.4) is 0 Å². The first kappa shape index (κ1) is 14.3. The molecule has 2 aromatic rings. The fourth-order valence-electron chi connectivity index (χ4n) is 1.80. The Kier molecular flexibility index (Phi) is 4.52. The van der Waals surface area contributed by atoms with Crippen LogP contribution in [0.1, 0.15) is 19.0 Å². The van der Waals surface area contributed by atoms with E-state index in [9.17, 15) is 9.59 Å². The second-order valence-electron chi connectivity index (χ2n) is 4.25. The van der Waals surface area contributed by atoms with Crippen LogP contribution in [-0.2, 0) is 16.0 Å². The van der Waals surface area contributed by atoms with Crippen LogP contribution in [0.5, 0.6) is 0 Å². The van der Waals surface area contributed by atoms with E-state index in [-0.39, 0.29) is 18.7 Å². The Hall–Kier alpha value is -2.15. The number of nitrogens with one attached hydrogen (secondary N) is 1. The first-order valence-electron chi connectivity index (χ1n) is 6.14. The van der Waals surface area contributed by atoms with Crippen LogP contribution in [0.15, 0.2) is 29.9 Å². The Bertz CT molecular complexity index is 644. The van der Waals surface area contributed by atoms with E-state index in [1.165, 1.54) is 11.3 Å². The highest BCUT2D eigenvalue weighted by atomic mass is 32.1. The molecule has 0 aromatic carbocycles. The lowest BCUT2D eigenvalue weighted by Gasteiger charge is -2.12. The van der Waals surface area contributed by atoms with E-state index < -0.39 is 12.0 Å². The Morgan fingerprint density at radius 3 is 3.10 bits per heavy atom. The molecule has 0 aliphatic rings. The van der Waals surface area contributed by atoms with Crippen LogP contribution in [0.25, 0.3) is 4.96 Å². The molecular formula is C13H15N3O3S. The molecule has 0 saturated heterocycles. The number of carbonyl (C=O) groups is 2. The van der Waals surface area contributed by atoms with Gasteiger partial charge in [0.05, 0.1) is 6.42 Å². The lowest BCUT2D eigenvalue weighted by molar-refractivity contribution is -0.141. The van der Waals surface area contributed by atoms with Crippen molar-refractivity contribution in [2.45, 2.75) is 25.8 Å². The quantitative estimate of drug-likeness (QED) is 0.790. The number of hydrogen-bond acceptors (Lipinski definition) is 4. The minimum absolute atomic E-state index is 0.135.